The van der Waals surface area contributed by atoms with E-state index in [2.05, 4.69) is 4.98 Å². The lowest BCUT2D eigenvalue weighted by Crippen LogP contribution is -2.17. The summed E-state index contributed by atoms with van der Waals surface area (Å²) in [5.41, 5.74) is 7.31. The minimum absolute atomic E-state index is 0.0290. The molecule has 1 atom stereocenters. The van der Waals surface area contributed by atoms with Crippen LogP contribution < -0.4 is 10.5 Å². The van der Waals surface area contributed by atoms with Gasteiger partial charge >= 0.3 is 0 Å². The number of aliphatic hydroxyl groups excluding tert-OH is 1. The van der Waals surface area contributed by atoms with E-state index in [-0.39, 0.29) is 18.6 Å². The van der Waals surface area contributed by atoms with Crippen LogP contribution in [-0.2, 0) is 0 Å². The zero-order chi connectivity index (χ0) is 11.4. The summed E-state index contributed by atoms with van der Waals surface area (Å²) >= 11 is 0. The molecule has 0 saturated heterocycles. The first-order valence-corrected chi connectivity index (χ1v) is 5.08. The molecule has 1 heterocycles. The second-order valence-electron chi connectivity index (χ2n) is 3.87. The smallest absolute Gasteiger partial charge is 0.146 e. The van der Waals surface area contributed by atoms with Gasteiger partial charge in [-0.3, -0.25) is 4.98 Å². The van der Waals surface area contributed by atoms with Crippen LogP contribution in [0.1, 0.15) is 32.4 Å². The average molecular weight is 210 g/mol. The first-order valence-electron chi connectivity index (χ1n) is 5.08. The number of ether oxygens (including phenoxy) is 1. The number of anilines is 1. The van der Waals surface area contributed by atoms with Crippen molar-refractivity contribution < 1.29 is 9.84 Å². The van der Waals surface area contributed by atoms with Crippen LogP contribution in [0.5, 0.6) is 5.75 Å². The first-order chi connectivity index (χ1) is 7.06. The molecule has 0 saturated carbocycles. The number of pyridine rings is 1. The molecule has 1 aromatic heterocycles. The van der Waals surface area contributed by atoms with Crippen LogP contribution in [0, 0.1) is 0 Å². The van der Waals surface area contributed by atoms with Crippen molar-refractivity contribution in [2.45, 2.75) is 32.8 Å². The van der Waals surface area contributed by atoms with Crippen LogP contribution in [0.25, 0.3) is 0 Å². The molecule has 1 rings (SSSR count). The van der Waals surface area contributed by atoms with Gasteiger partial charge < -0.3 is 15.6 Å². The Morgan fingerprint density at radius 2 is 2.13 bits per heavy atom. The van der Waals surface area contributed by atoms with E-state index in [1.807, 2.05) is 13.8 Å². The lowest BCUT2D eigenvalue weighted by atomic mass is 10.1. The van der Waals surface area contributed by atoms with E-state index in [0.717, 1.165) is 5.69 Å². The van der Waals surface area contributed by atoms with Crippen LogP contribution >= 0.6 is 0 Å². The van der Waals surface area contributed by atoms with Gasteiger partial charge in [-0.05, 0) is 12.8 Å². The molecule has 0 aliphatic rings. The average Bonchev–Trinajstić information content (AvgIpc) is 2.20. The van der Waals surface area contributed by atoms with Crippen LogP contribution in [0.15, 0.2) is 12.3 Å². The summed E-state index contributed by atoms with van der Waals surface area (Å²) in [7, 11) is 0. The highest BCUT2D eigenvalue weighted by atomic mass is 16.5. The lowest BCUT2D eigenvalue weighted by Gasteiger charge is -2.16. The lowest BCUT2D eigenvalue weighted by molar-refractivity contribution is 0.130. The Bertz CT molecular complexity index is 326. The summed E-state index contributed by atoms with van der Waals surface area (Å²) in [6.45, 7) is 5.81. The molecular formula is C11H18N2O2. The second-order valence-corrected chi connectivity index (χ2v) is 3.87. The van der Waals surface area contributed by atoms with E-state index >= 15 is 0 Å². The summed E-state index contributed by atoms with van der Waals surface area (Å²) < 4.78 is 5.47. The van der Waals surface area contributed by atoms with Gasteiger partial charge in [-0.25, -0.2) is 0 Å². The number of nitrogens with two attached hydrogens (primary N) is 1. The summed E-state index contributed by atoms with van der Waals surface area (Å²) in [6, 6.07) is 1.72. The molecular weight excluding hydrogens is 192 g/mol. The maximum Gasteiger partial charge on any atom is 0.146 e. The highest BCUT2D eigenvalue weighted by Crippen LogP contribution is 2.28. The zero-order valence-electron chi connectivity index (χ0n) is 9.40. The minimum Gasteiger partial charge on any atom is -0.486 e. The van der Waals surface area contributed by atoms with Gasteiger partial charge in [0.1, 0.15) is 11.9 Å². The van der Waals surface area contributed by atoms with Crippen LogP contribution in [-0.4, -0.2) is 22.8 Å². The number of hydrogen-bond acceptors (Lipinski definition) is 4. The number of aromatic nitrogens is 1. The summed E-state index contributed by atoms with van der Waals surface area (Å²) in [5, 5.41) is 8.88. The molecule has 0 spiro atoms. The van der Waals surface area contributed by atoms with E-state index in [9.17, 15) is 0 Å². The Kier molecular flexibility index (Phi) is 3.91. The third kappa shape index (κ3) is 2.83. The standard InChI is InChI=1S/C11H18N2O2/c1-7(2)11-10(12)9(4-5-13-11)15-8(3)6-14/h4-5,7-8,14H,6,12H2,1-3H3/t8-/m1/s1. The third-order valence-electron chi connectivity index (χ3n) is 2.11. The molecule has 0 amide bonds. The van der Waals surface area contributed by atoms with E-state index in [1.54, 1.807) is 19.2 Å². The molecule has 0 aliphatic heterocycles. The number of rotatable bonds is 4. The number of nitrogens with zero attached hydrogens (tertiary/aromatic N) is 1. The fourth-order valence-electron chi connectivity index (χ4n) is 1.29. The molecule has 0 aliphatic carbocycles. The van der Waals surface area contributed by atoms with E-state index in [4.69, 9.17) is 15.6 Å². The molecule has 0 bridgehead atoms. The van der Waals surface area contributed by atoms with E-state index < -0.39 is 0 Å². The van der Waals surface area contributed by atoms with Crippen molar-refractivity contribution in [2.75, 3.05) is 12.3 Å². The number of nitrogen functional groups attached to an aromatic ring is 1. The molecule has 84 valence electrons. The monoisotopic (exact) mass is 210 g/mol. The molecule has 0 aromatic carbocycles. The van der Waals surface area contributed by atoms with Gasteiger partial charge in [0.05, 0.1) is 18.0 Å². The minimum atomic E-state index is -0.255. The van der Waals surface area contributed by atoms with Crippen molar-refractivity contribution >= 4 is 5.69 Å². The second kappa shape index (κ2) is 4.98. The number of hydrogen-bond donors (Lipinski definition) is 2. The first kappa shape index (κ1) is 11.8. The van der Waals surface area contributed by atoms with Gasteiger partial charge in [0.25, 0.3) is 0 Å². The SMILES string of the molecule is CC(C)c1nccc(O[C@H](C)CO)c1N. The van der Waals surface area contributed by atoms with Crippen molar-refractivity contribution in [1.82, 2.24) is 4.98 Å². The summed E-state index contributed by atoms with van der Waals surface area (Å²) in [5.74, 6) is 0.855. The maximum absolute atomic E-state index is 8.88. The maximum atomic E-state index is 8.88. The van der Waals surface area contributed by atoms with Gasteiger partial charge in [-0.1, -0.05) is 13.8 Å². The summed E-state index contributed by atoms with van der Waals surface area (Å²) in [6.07, 6.45) is 1.42. The molecule has 0 radical (unpaired) electrons. The molecule has 0 unspecified atom stereocenters. The molecule has 3 N–H and O–H groups in total. The van der Waals surface area contributed by atoms with Crippen molar-refractivity contribution in [1.29, 1.82) is 0 Å². The molecule has 0 fully saturated rings. The van der Waals surface area contributed by atoms with E-state index in [0.29, 0.717) is 11.4 Å². The van der Waals surface area contributed by atoms with Gasteiger partial charge in [-0.15, -0.1) is 0 Å². The van der Waals surface area contributed by atoms with Crippen molar-refractivity contribution in [3.8, 4) is 5.75 Å². The fourth-order valence-corrected chi connectivity index (χ4v) is 1.29. The van der Waals surface area contributed by atoms with Gasteiger partial charge in [0.2, 0.25) is 0 Å². The fraction of sp³-hybridized carbons (Fsp3) is 0.545. The Hall–Kier alpha value is -1.29. The quantitative estimate of drug-likeness (QED) is 0.791. The Morgan fingerprint density at radius 3 is 2.67 bits per heavy atom. The molecule has 1 aromatic rings. The van der Waals surface area contributed by atoms with Crippen molar-refractivity contribution in [3.05, 3.63) is 18.0 Å². The third-order valence-corrected chi connectivity index (χ3v) is 2.11. The zero-order valence-corrected chi connectivity index (χ0v) is 9.40. The van der Waals surface area contributed by atoms with Crippen molar-refractivity contribution in [3.63, 3.8) is 0 Å². The van der Waals surface area contributed by atoms with Crippen LogP contribution in [0.3, 0.4) is 0 Å². The largest absolute Gasteiger partial charge is 0.486 e. The molecule has 4 heteroatoms. The predicted octanol–water partition coefficient (Wildman–Crippen LogP) is 1.55. The number of aliphatic hydroxyl groups is 1. The Morgan fingerprint density at radius 1 is 1.47 bits per heavy atom. The molecule has 15 heavy (non-hydrogen) atoms. The summed E-state index contributed by atoms with van der Waals surface area (Å²) in [4.78, 5) is 4.20. The Labute approximate surface area is 90.1 Å². The van der Waals surface area contributed by atoms with Gasteiger partial charge in [0, 0.05) is 12.3 Å². The van der Waals surface area contributed by atoms with Crippen LogP contribution in [0.4, 0.5) is 5.69 Å². The normalized spacial score (nSPS) is 12.9. The highest BCUT2D eigenvalue weighted by molar-refractivity contribution is 5.56. The van der Waals surface area contributed by atoms with Crippen LogP contribution in [0.2, 0.25) is 0 Å². The topological polar surface area (TPSA) is 68.4 Å². The predicted molar refractivity (Wildman–Crippen MR) is 59.9 cm³/mol. The molecule has 4 nitrogen and oxygen atoms in total. The highest BCUT2D eigenvalue weighted by Gasteiger charge is 2.12. The van der Waals surface area contributed by atoms with Gasteiger partial charge in [-0.2, -0.15) is 0 Å². The van der Waals surface area contributed by atoms with E-state index in [1.165, 1.54) is 0 Å². The Balaban J connectivity index is 2.94. The van der Waals surface area contributed by atoms with Crippen molar-refractivity contribution in [2.24, 2.45) is 0 Å². The van der Waals surface area contributed by atoms with Gasteiger partial charge in [0.15, 0.2) is 0 Å².